The van der Waals surface area contributed by atoms with Crippen LogP contribution < -0.4 is 10.5 Å². The number of halogens is 3. The Kier molecular flexibility index (Phi) is 4.41. The molecule has 2 rings (SSSR count). The van der Waals surface area contributed by atoms with Crippen LogP contribution in [0.25, 0.3) is 5.69 Å². The van der Waals surface area contributed by atoms with Crippen LogP contribution >= 0.6 is 0 Å². The number of rotatable bonds is 3. The number of aromatic nitrogens is 1. The van der Waals surface area contributed by atoms with Crippen molar-refractivity contribution in [2.45, 2.75) is 13.3 Å². The highest BCUT2D eigenvalue weighted by Crippen LogP contribution is 2.33. The van der Waals surface area contributed by atoms with E-state index >= 15 is 0 Å². The van der Waals surface area contributed by atoms with E-state index in [9.17, 15) is 18.0 Å². The van der Waals surface area contributed by atoms with E-state index in [1.54, 1.807) is 13.0 Å². The molecule has 0 saturated carbocycles. The minimum Gasteiger partial charge on any atom is -0.464 e. The molecule has 1 heterocycles. The lowest BCUT2D eigenvalue weighted by molar-refractivity contribution is -0.274. The summed E-state index contributed by atoms with van der Waals surface area (Å²) >= 11 is 0. The first-order valence-corrected chi connectivity index (χ1v) is 6.54. The van der Waals surface area contributed by atoms with Gasteiger partial charge in [-0.05, 0) is 24.6 Å². The first kappa shape index (κ1) is 17.2. The molecule has 0 unspecified atom stereocenters. The maximum absolute atomic E-state index is 12.6. The van der Waals surface area contributed by atoms with Crippen molar-refractivity contribution in [1.29, 1.82) is 5.26 Å². The molecule has 24 heavy (non-hydrogen) atoms. The monoisotopic (exact) mass is 339 g/mol. The fraction of sp³-hybridized carbons (Fsp3) is 0.200. The van der Waals surface area contributed by atoms with Crippen LogP contribution in [0.1, 0.15) is 21.6 Å². The van der Waals surface area contributed by atoms with Crippen molar-refractivity contribution in [3.63, 3.8) is 0 Å². The third-order valence-electron chi connectivity index (χ3n) is 3.14. The number of nitrogens with two attached hydrogens (primary N) is 1. The average molecular weight is 339 g/mol. The number of anilines is 1. The number of benzene rings is 1. The topological polar surface area (TPSA) is 90.3 Å². The zero-order valence-electron chi connectivity index (χ0n) is 12.6. The van der Waals surface area contributed by atoms with Gasteiger partial charge in [-0.2, -0.15) is 5.26 Å². The molecule has 0 fully saturated rings. The van der Waals surface area contributed by atoms with Crippen LogP contribution in [0.5, 0.6) is 5.75 Å². The van der Waals surface area contributed by atoms with Gasteiger partial charge in [0.15, 0.2) is 11.4 Å². The van der Waals surface area contributed by atoms with Crippen LogP contribution in [-0.2, 0) is 4.74 Å². The Morgan fingerprint density at radius 1 is 1.38 bits per heavy atom. The van der Waals surface area contributed by atoms with Gasteiger partial charge in [0, 0.05) is 6.20 Å². The lowest BCUT2D eigenvalue weighted by atomic mass is 10.2. The van der Waals surface area contributed by atoms with Crippen LogP contribution in [0, 0.1) is 18.3 Å². The molecular formula is C15H12F3N3O3. The Morgan fingerprint density at radius 2 is 2.04 bits per heavy atom. The Bertz CT molecular complexity index is 835. The van der Waals surface area contributed by atoms with Crippen molar-refractivity contribution in [2.24, 2.45) is 0 Å². The quantitative estimate of drug-likeness (QED) is 0.868. The summed E-state index contributed by atoms with van der Waals surface area (Å²) in [5, 5.41) is 9.06. The molecule has 0 aliphatic heterocycles. The summed E-state index contributed by atoms with van der Waals surface area (Å²) in [7, 11) is 1.09. The highest BCUT2D eigenvalue weighted by molar-refractivity contribution is 5.96. The fourth-order valence-corrected chi connectivity index (χ4v) is 2.13. The fourth-order valence-electron chi connectivity index (χ4n) is 2.13. The number of aryl methyl sites for hydroxylation is 1. The summed E-state index contributed by atoms with van der Waals surface area (Å²) in [4.78, 5) is 11.9. The van der Waals surface area contributed by atoms with Crippen LogP contribution in [0.2, 0.25) is 0 Å². The van der Waals surface area contributed by atoms with Gasteiger partial charge in [0.25, 0.3) is 0 Å². The highest BCUT2D eigenvalue weighted by Gasteiger charge is 2.33. The van der Waals surface area contributed by atoms with Gasteiger partial charge >= 0.3 is 12.3 Å². The maximum Gasteiger partial charge on any atom is 0.573 e. The van der Waals surface area contributed by atoms with Crippen LogP contribution in [0.15, 0.2) is 24.4 Å². The maximum atomic E-state index is 12.6. The van der Waals surface area contributed by atoms with Gasteiger partial charge in [-0.1, -0.05) is 6.07 Å². The molecular weight excluding hydrogens is 327 g/mol. The van der Waals surface area contributed by atoms with Crippen molar-refractivity contribution in [3.8, 4) is 17.5 Å². The molecule has 2 N–H and O–H groups in total. The summed E-state index contributed by atoms with van der Waals surface area (Å²) in [6.07, 6.45) is -3.77. The van der Waals surface area contributed by atoms with Crippen molar-refractivity contribution < 1.29 is 27.4 Å². The molecule has 1 aromatic carbocycles. The number of carbonyl (C=O) groups is 1. The Hall–Kier alpha value is -3.15. The molecule has 2 aromatic rings. The van der Waals surface area contributed by atoms with Gasteiger partial charge in [-0.15, -0.1) is 13.2 Å². The van der Waals surface area contributed by atoms with E-state index < -0.39 is 18.1 Å². The summed E-state index contributed by atoms with van der Waals surface area (Å²) in [5.41, 5.74) is 5.73. The molecule has 1 aromatic heterocycles. The predicted octanol–water partition coefficient (Wildman–Crippen LogP) is 2.92. The Balaban J connectivity index is 2.74. The second-order valence-electron chi connectivity index (χ2n) is 4.80. The van der Waals surface area contributed by atoms with E-state index in [1.165, 1.54) is 12.1 Å². The Morgan fingerprint density at radius 3 is 2.58 bits per heavy atom. The lowest BCUT2D eigenvalue weighted by Crippen LogP contribution is -2.19. The number of esters is 1. The highest BCUT2D eigenvalue weighted by atomic mass is 19.4. The molecule has 0 aliphatic rings. The third kappa shape index (κ3) is 3.27. The number of hydrogen-bond donors (Lipinski definition) is 1. The number of ether oxygens (including phenoxy) is 2. The molecule has 0 saturated heterocycles. The second-order valence-corrected chi connectivity index (χ2v) is 4.80. The zero-order valence-corrected chi connectivity index (χ0v) is 12.6. The molecule has 0 amide bonds. The van der Waals surface area contributed by atoms with Gasteiger partial charge in [-0.25, -0.2) is 4.79 Å². The average Bonchev–Trinajstić information content (AvgIpc) is 2.83. The predicted molar refractivity (Wildman–Crippen MR) is 77.7 cm³/mol. The summed E-state index contributed by atoms with van der Waals surface area (Å²) in [6, 6.07) is 5.67. The molecule has 126 valence electrons. The van der Waals surface area contributed by atoms with Crippen LogP contribution in [0.4, 0.5) is 18.9 Å². The second kappa shape index (κ2) is 6.16. The number of methoxy groups -OCH3 is 1. The van der Waals surface area contributed by atoms with Crippen molar-refractivity contribution in [2.75, 3.05) is 12.8 Å². The molecule has 0 spiro atoms. The zero-order chi connectivity index (χ0) is 18.1. The van der Waals surface area contributed by atoms with Gasteiger partial charge in [0.05, 0.1) is 24.0 Å². The molecule has 6 nitrogen and oxygen atoms in total. The van der Waals surface area contributed by atoms with E-state index in [2.05, 4.69) is 9.47 Å². The number of alkyl halides is 3. The van der Waals surface area contributed by atoms with Crippen LogP contribution in [0.3, 0.4) is 0 Å². The number of carbonyl (C=O) groups excluding carboxylic acids is 1. The van der Waals surface area contributed by atoms with Gasteiger partial charge in [0.1, 0.15) is 6.07 Å². The standard InChI is InChI=1S/C15H12F3N3O3/c1-8-3-4-11(24-15(16,17)18)10(5-8)21-7-9(6-19)12(20)13(21)14(22)23-2/h3-5,7H,20H2,1-2H3. The molecule has 9 heteroatoms. The summed E-state index contributed by atoms with van der Waals surface area (Å²) in [6.45, 7) is 1.65. The molecule has 0 bridgehead atoms. The first-order chi connectivity index (χ1) is 11.2. The lowest BCUT2D eigenvalue weighted by Gasteiger charge is -2.16. The van der Waals surface area contributed by atoms with E-state index in [0.717, 1.165) is 23.9 Å². The van der Waals surface area contributed by atoms with Crippen molar-refractivity contribution in [1.82, 2.24) is 4.57 Å². The number of hydrogen-bond acceptors (Lipinski definition) is 5. The van der Waals surface area contributed by atoms with E-state index in [4.69, 9.17) is 11.0 Å². The van der Waals surface area contributed by atoms with Crippen LogP contribution in [-0.4, -0.2) is 24.0 Å². The number of nitriles is 1. The minimum absolute atomic E-state index is 0.0742. The number of nitrogens with zero attached hydrogens (tertiary/aromatic N) is 2. The van der Waals surface area contributed by atoms with E-state index in [-0.39, 0.29) is 22.6 Å². The van der Waals surface area contributed by atoms with Gasteiger partial charge in [0.2, 0.25) is 0 Å². The molecule has 0 atom stereocenters. The first-order valence-electron chi connectivity index (χ1n) is 6.54. The molecule has 0 radical (unpaired) electrons. The third-order valence-corrected chi connectivity index (χ3v) is 3.14. The Labute approximate surface area is 134 Å². The smallest absolute Gasteiger partial charge is 0.464 e. The van der Waals surface area contributed by atoms with Crippen molar-refractivity contribution >= 4 is 11.7 Å². The van der Waals surface area contributed by atoms with E-state index in [1.807, 2.05) is 0 Å². The van der Waals surface area contributed by atoms with Gasteiger partial charge < -0.3 is 19.8 Å². The van der Waals surface area contributed by atoms with Gasteiger partial charge in [-0.3, -0.25) is 0 Å². The number of nitrogen functional groups attached to an aromatic ring is 1. The normalized spacial score (nSPS) is 11.0. The van der Waals surface area contributed by atoms with E-state index in [0.29, 0.717) is 5.56 Å². The summed E-state index contributed by atoms with van der Waals surface area (Å²) in [5.74, 6) is -1.44. The SMILES string of the molecule is COC(=O)c1c(N)c(C#N)cn1-c1cc(C)ccc1OC(F)(F)F. The van der Waals surface area contributed by atoms with Crippen molar-refractivity contribution in [3.05, 3.63) is 41.2 Å². The summed E-state index contributed by atoms with van der Waals surface area (Å²) < 4.78 is 47.5. The largest absolute Gasteiger partial charge is 0.573 e. The molecule has 0 aliphatic carbocycles. The minimum atomic E-state index is -4.92.